The number of hydrogen-bond acceptors (Lipinski definition) is 35. The zero-order valence-corrected chi connectivity index (χ0v) is 76.5. The van der Waals surface area contributed by atoms with E-state index in [4.69, 9.17) is 143 Å². The van der Waals surface area contributed by atoms with Crippen LogP contribution in [-0.4, -0.2) is 270 Å². The standard InChI is InChI=1S/C84H114Cl3N3O35Si/c1-46-63(114-49(4)93)69(116-51(6)95)71(107-40-55-32-24-19-25-33-55)74(112-46)123-67-61(89-78(100)109-45-84(85,86)87)73(104-37-29-21-28-36-88-77(99)108-41-56-34-26-20-27-35-56)119-60(44-111-126(16,17)82(12,13)14)65(67)122-75-72(118-53(8)97)70(117-52(7)96)64(106-39-54-30-22-18-23-31-54)59(120-75)43-110-83(76(98)103-15)38-57-62(90(79(101)121-57)80(102)125-81(9,10)11)68(124-83)66(115-50(5)94)58(113-48(3)92)42-105-47(2)91/h18-20,22-27,30-35,46,57-75H,21,28-29,36-45H2,1-17H3,(H,88,99)(H,89,100)/t46-,57-,58+,59+,60+,61+,62+,63+,64-,65+,66+,67+,68+,69+,70-,71-,72+,73+,74-,75-,83+/m0/s1. The van der Waals surface area contributed by atoms with Crippen molar-refractivity contribution in [3.05, 3.63) is 108 Å². The van der Waals surface area contributed by atoms with Gasteiger partial charge in [0.05, 0.1) is 46.1 Å². The van der Waals surface area contributed by atoms with E-state index in [1.807, 2.05) is 52.1 Å². The third-order valence-electron chi connectivity index (χ3n) is 20.6. The monoisotopic (exact) mass is 1860 g/mol. The molecule has 0 saturated carbocycles. The molecule has 3 aromatic carbocycles. The largest absolute Gasteiger partial charge is 0.465 e. The SMILES string of the molecule is COC(=O)[C@@]1(OC[C@H]2O[C@@H](O[C@H]3[C@H](O[C@@H]4O[C@@H](C)[C@@H](OC(C)=O)[C@@H](OC(C)=O)[C@@H]4OCc4ccccc4)[C@@H](NC(=O)OCC(Cl)(Cl)Cl)[C@H](OCCCCCNC(=O)OCc4ccccc4)O[C@@H]3CO[Si](C)(C)C(C)(C)C)[C@H](OC(C)=O)[C@@H](OC(C)=O)[C@H]2OCc2ccccc2)C[C@@H]2OC(=O)N(C(=O)OC(C)(C)C)[C@H]2[C@H]([C@H](OC(C)=O)[C@@H](COC(C)=O)OC(C)=O)O1. The minimum atomic E-state index is -3.03. The molecule has 21 atom stereocenters. The van der Waals surface area contributed by atoms with Gasteiger partial charge in [-0.3, -0.25) is 33.6 Å². The fourth-order valence-corrected chi connectivity index (χ4v) is 15.2. The number of halogens is 3. The summed E-state index contributed by atoms with van der Waals surface area (Å²) in [6.45, 7) is 18.9. The van der Waals surface area contributed by atoms with Crippen LogP contribution >= 0.6 is 34.8 Å². The number of ether oxygens (including phenoxy) is 22. The van der Waals surface area contributed by atoms with Gasteiger partial charge in [-0.15, -0.1) is 0 Å². The Bertz CT molecular complexity index is 4140. The van der Waals surface area contributed by atoms with E-state index in [-0.39, 0.29) is 39.4 Å². The molecule has 5 saturated heterocycles. The first-order valence-corrected chi connectivity index (χ1v) is 44.9. The zero-order valence-electron chi connectivity index (χ0n) is 73.3. The number of amides is 4. The van der Waals surface area contributed by atoms with Crippen LogP contribution < -0.4 is 10.6 Å². The Labute approximate surface area is 745 Å². The molecule has 8 rings (SSSR count). The second-order valence-electron chi connectivity index (χ2n) is 32.8. The molecule has 700 valence electrons. The first-order chi connectivity index (χ1) is 59.3. The zero-order chi connectivity index (χ0) is 92.8. The van der Waals surface area contributed by atoms with E-state index in [1.54, 1.807) is 72.8 Å². The number of rotatable bonds is 38. The average molecular weight is 1860 g/mol. The maximum atomic E-state index is 15.3. The predicted molar refractivity (Wildman–Crippen MR) is 440 cm³/mol. The number of benzene rings is 3. The van der Waals surface area contributed by atoms with E-state index in [0.29, 0.717) is 28.9 Å². The highest BCUT2D eigenvalue weighted by Gasteiger charge is 2.67. The molecule has 0 aliphatic carbocycles. The number of methoxy groups -OCH3 is 1. The van der Waals surface area contributed by atoms with Crippen molar-refractivity contribution in [1.29, 1.82) is 0 Å². The minimum Gasteiger partial charge on any atom is -0.465 e. The van der Waals surface area contributed by atoms with Crippen molar-refractivity contribution >= 4 is 115 Å². The molecule has 5 fully saturated rings. The Morgan fingerprint density at radius 3 is 1.63 bits per heavy atom. The van der Waals surface area contributed by atoms with Crippen LogP contribution in [0, 0.1) is 0 Å². The number of alkyl carbamates (subject to hydrolysis) is 2. The van der Waals surface area contributed by atoms with Gasteiger partial charge in [-0.25, -0.2) is 28.9 Å². The summed E-state index contributed by atoms with van der Waals surface area (Å²) in [5.41, 5.74) is 0.518. The Hall–Kier alpha value is -8.65. The van der Waals surface area contributed by atoms with E-state index in [2.05, 4.69) is 10.6 Å². The summed E-state index contributed by atoms with van der Waals surface area (Å²) in [6.07, 6.45) is -37.3. The molecule has 0 radical (unpaired) electrons. The van der Waals surface area contributed by atoms with Crippen LogP contribution in [0.15, 0.2) is 91.0 Å². The molecule has 0 bridgehead atoms. The number of alkyl halides is 3. The second kappa shape index (κ2) is 46.6. The molecule has 0 spiro atoms. The molecule has 5 aliphatic rings. The van der Waals surface area contributed by atoms with Crippen LogP contribution in [0.25, 0.3) is 0 Å². The molecule has 5 heterocycles. The van der Waals surface area contributed by atoms with Crippen molar-refractivity contribution < 1.29 is 166 Å². The van der Waals surface area contributed by atoms with Crippen molar-refractivity contribution in [3.63, 3.8) is 0 Å². The van der Waals surface area contributed by atoms with Crippen LogP contribution in [0.1, 0.15) is 139 Å². The van der Waals surface area contributed by atoms with E-state index in [9.17, 15) is 52.7 Å². The van der Waals surface area contributed by atoms with Gasteiger partial charge in [-0.2, -0.15) is 0 Å². The lowest BCUT2D eigenvalue weighted by molar-refractivity contribution is -0.381. The van der Waals surface area contributed by atoms with Crippen LogP contribution in [-0.2, 0) is 167 Å². The molecule has 0 aromatic heterocycles. The molecular formula is C84H114Cl3N3O35Si. The molecule has 42 heteroatoms. The average Bonchev–Trinajstić information content (AvgIpc) is 1.54. The molecule has 5 aliphatic heterocycles. The predicted octanol–water partition coefficient (Wildman–Crippen LogP) is 9.67. The Kier molecular flexibility index (Phi) is 38.0. The van der Waals surface area contributed by atoms with Crippen molar-refractivity contribution in [2.45, 2.75) is 298 Å². The van der Waals surface area contributed by atoms with Gasteiger partial charge in [0.2, 0.25) is 3.79 Å². The molecule has 4 amide bonds. The normalized spacial score (nSPS) is 27.2. The molecule has 0 unspecified atom stereocenters. The van der Waals surface area contributed by atoms with Gasteiger partial charge in [0.25, 0.3) is 5.79 Å². The molecule has 3 aromatic rings. The number of esters is 8. The number of nitrogens with zero attached hydrogens (tertiary/aromatic N) is 1. The molecule has 38 nitrogen and oxygen atoms in total. The van der Waals surface area contributed by atoms with Gasteiger partial charge in [0, 0.05) is 61.6 Å². The van der Waals surface area contributed by atoms with Gasteiger partial charge >= 0.3 is 72.1 Å². The number of unbranched alkanes of at least 4 members (excludes halogenated alkanes) is 2. The number of nitrogens with one attached hydrogen (secondary N) is 2. The van der Waals surface area contributed by atoms with E-state index < -0.39 is 256 Å². The number of carbonyl (C=O) groups excluding carboxylic acids is 12. The number of imide groups is 1. The third kappa shape index (κ3) is 30.2. The van der Waals surface area contributed by atoms with Crippen LogP contribution in [0.5, 0.6) is 0 Å². The first-order valence-electron chi connectivity index (χ1n) is 40.8. The summed E-state index contributed by atoms with van der Waals surface area (Å²) < 4.78 is 144. The summed E-state index contributed by atoms with van der Waals surface area (Å²) >= 11 is 18.7. The van der Waals surface area contributed by atoms with E-state index in [1.165, 1.54) is 27.7 Å². The van der Waals surface area contributed by atoms with Crippen LogP contribution in [0.3, 0.4) is 0 Å². The lowest BCUT2D eigenvalue weighted by Gasteiger charge is -2.52. The number of fused-ring (bicyclic) bond motifs is 1. The van der Waals surface area contributed by atoms with Gasteiger partial charge in [0.15, 0.2) is 63.8 Å². The van der Waals surface area contributed by atoms with Crippen LogP contribution in [0.4, 0.5) is 19.2 Å². The van der Waals surface area contributed by atoms with E-state index in [0.717, 1.165) is 61.1 Å². The maximum absolute atomic E-state index is 15.3. The molecule has 2 N–H and O–H groups in total. The smallest absolute Gasteiger partial charge is 0.420 e. The van der Waals surface area contributed by atoms with Crippen LogP contribution in [0.2, 0.25) is 18.1 Å². The third-order valence-corrected chi connectivity index (χ3v) is 25.4. The fraction of sp³-hybridized carbons (Fsp3) is 0.643. The number of hydrogen-bond donors (Lipinski definition) is 2. The van der Waals surface area contributed by atoms with Gasteiger partial charge < -0.3 is 119 Å². The van der Waals surface area contributed by atoms with Crippen molar-refractivity contribution in [2.24, 2.45) is 0 Å². The molecular weight excluding hydrogens is 1750 g/mol. The van der Waals surface area contributed by atoms with Gasteiger partial charge in [-0.1, -0.05) is 147 Å². The van der Waals surface area contributed by atoms with Crippen molar-refractivity contribution in [1.82, 2.24) is 15.5 Å². The van der Waals surface area contributed by atoms with Crippen molar-refractivity contribution in [3.8, 4) is 0 Å². The summed E-state index contributed by atoms with van der Waals surface area (Å²) in [6, 6.07) is 22.5. The molecule has 126 heavy (non-hydrogen) atoms. The highest BCUT2D eigenvalue weighted by molar-refractivity contribution is 6.74. The Balaban J connectivity index is 1.34. The summed E-state index contributed by atoms with van der Waals surface area (Å²) in [5, 5.41) is 4.93. The lowest BCUT2D eigenvalue weighted by Crippen LogP contribution is -2.71. The summed E-state index contributed by atoms with van der Waals surface area (Å²) in [4.78, 5) is 166. The number of carbonyl (C=O) groups is 12. The second-order valence-corrected chi connectivity index (χ2v) is 40.1. The minimum absolute atomic E-state index is 0.0203. The summed E-state index contributed by atoms with van der Waals surface area (Å²) in [5.74, 6) is -11.3. The van der Waals surface area contributed by atoms with E-state index >= 15 is 4.79 Å². The highest BCUT2D eigenvalue weighted by Crippen LogP contribution is 2.46. The quantitative estimate of drug-likeness (QED) is 0.0177. The topological polar surface area (TPSA) is 444 Å². The Morgan fingerprint density at radius 1 is 0.563 bits per heavy atom. The highest BCUT2D eigenvalue weighted by atomic mass is 35.6. The maximum Gasteiger partial charge on any atom is 0.420 e. The lowest BCUT2D eigenvalue weighted by atomic mass is 9.88. The Morgan fingerprint density at radius 2 is 1.09 bits per heavy atom. The van der Waals surface area contributed by atoms with Gasteiger partial charge in [-0.05, 0) is 81.8 Å². The fourth-order valence-electron chi connectivity index (χ4n) is 14.1. The summed E-state index contributed by atoms with van der Waals surface area (Å²) in [7, 11) is -2.12. The van der Waals surface area contributed by atoms with Crippen molar-refractivity contribution in [2.75, 3.05) is 46.7 Å². The van der Waals surface area contributed by atoms with Gasteiger partial charge in [0.1, 0.15) is 86.3 Å². The first kappa shape index (κ1) is 103.